The largest absolute Gasteiger partial charge is 0.490 e. The summed E-state index contributed by atoms with van der Waals surface area (Å²) in [6.07, 6.45) is 1.81. The molecule has 0 saturated carbocycles. The third kappa shape index (κ3) is 4.85. The van der Waals surface area contributed by atoms with Gasteiger partial charge in [0.2, 0.25) is 0 Å². The van der Waals surface area contributed by atoms with Crippen molar-refractivity contribution in [3.05, 3.63) is 23.8 Å². The first kappa shape index (κ1) is 19.1. The highest BCUT2D eigenvalue weighted by Crippen LogP contribution is 2.30. The fourth-order valence-corrected chi connectivity index (χ4v) is 2.83. The van der Waals surface area contributed by atoms with E-state index in [1.807, 2.05) is 6.92 Å². The van der Waals surface area contributed by atoms with Crippen molar-refractivity contribution in [2.45, 2.75) is 38.7 Å². The summed E-state index contributed by atoms with van der Waals surface area (Å²) in [4.78, 5) is 25.1. The standard InChI is InChI=1S/C18H25NO6/c1-3-18(23)7-9-19(10-8-18)17(22)13-5-6-14(25-12-16(20)21)15(11-13)24-4-2/h5-6,11,23H,3-4,7-10,12H2,1-2H3,(H,20,21). The number of benzene rings is 1. The Bertz CT molecular complexity index is 622. The van der Waals surface area contributed by atoms with Crippen molar-refractivity contribution in [3.8, 4) is 11.5 Å². The molecule has 1 fully saturated rings. The molecule has 7 heteroatoms. The Kier molecular flexibility index (Phi) is 6.25. The van der Waals surface area contributed by atoms with Crippen molar-refractivity contribution in [2.24, 2.45) is 0 Å². The number of amides is 1. The fourth-order valence-electron chi connectivity index (χ4n) is 2.83. The van der Waals surface area contributed by atoms with Gasteiger partial charge in [-0.05, 0) is 44.4 Å². The number of nitrogens with zero attached hydrogens (tertiary/aromatic N) is 1. The molecule has 1 aliphatic heterocycles. The summed E-state index contributed by atoms with van der Waals surface area (Å²) in [5.41, 5.74) is -0.227. The Morgan fingerprint density at radius 1 is 1.16 bits per heavy atom. The minimum atomic E-state index is -1.08. The van der Waals surface area contributed by atoms with Gasteiger partial charge in [-0.15, -0.1) is 0 Å². The van der Waals surface area contributed by atoms with Crippen molar-refractivity contribution in [1.82, 2.24) is 4.90 Å². The average molecular weight is 351 g/mol. The Balaban J connectivity index is 2.12. The van der Waals surface area contributed by atoms with Crippen LogP contribution in [0.1, 0.15) is 43.5 Å². The van der Waals surface area contributed by atoms with Crippen LogP contribution in [0, 0.1) is 0 Å². The molecular weight excluding hydrogens is 326 g/mol. The van der Waals surface area contributed by atoms with E-state index in [1.54, 1.807) is 30.0 Å². The lowest BCUT2D eigenvalue weighted by Gasteiger charge is -2.37. The molecule has 0 atom stereocenters. The molecule has 0 aromatic heterocycles. The number of carboxylic acid groups (broad SMARTS) is 1. The van der Waals surface area contributed by atoms with Gasteiger partial charge in [0.25, 0.3) is 5.91 Å². The fraction of sp³-hybridized carbons (Fsp3) is 0.556. The summed E-state index contributed by atoms with van der Waals surface area (Å²) in [5, 5.41) is 19.0. The highest BCUT2D eigenvalue weighted by molar-refractivity contribution is 5.95. The van der Waals surface area contributed by atoms with Gasteiger partial charge in [-0.25, -0.2) is 4.79 Å². The van der Waals surface area contributed by atoms with Gasteiger partial charge in [0, 0.05) is 18.7 Å². The summed E-state index contributed by atoms with van der Waals surface area (Å²) < 4.78 is 10.7. The summed E-state index contributed by atoms with van der Waals surface area (Å²) >= 11 is 0. The van der Waals surface area contributed by atoms with Crippen LogP contribution in [0.5, 0.6) is 11.5 Å². The van der Waals surface area contributed by atoms with Crippen LogP contribution in [0.2, 0.25) is 0 Å². The van der Waals surface area contributed by atoms with E-state index >= 15 is 0 Å². The molecule has 0 bridgehead atoms. The quantitative estimate of drug-likeness (QED) is 0.779. The normalized spacial score (nSPS) is 16.4. The van der Waals surface area contributed by atoms with E-state index in [2.05, 4.69) is 0 Å². The van der Waals surface area contributed by atoms with Gasteiger partial charge in [0.05, 0.1) is 12.2 Å². The first-order valence-electron chi connectivity index (χ1n) is 8.51. The zero-order chi connectivity index (χ0) is 18.4. The minimum Gasteiger partial charge on any atom is -0.490 e. The molecule has 1 aromatic carbocycles. The number of carbonyl (C=O) groups is 2. The summed E-state index contributed by atoms with van der Waals surface area (Å²) in [5.74, 6) is -0.584. The van der Waals surface area contributed by atoms with Crippen molar-refractivity contribution in [2.75, 3.05) is 26.3 Å². The van der Waals surface area contributed by atoms with Crippen LogP contribution in [-0.2, 0) is 4.79 Å². The van der Waals surface area contributed by atoms with E-state index in [9.17, 15) is 14.7 Å². The number of piperidine rings is 1. The molecule has 0 radical (unpaired) electrons. The number of hydrogen-bond donors (Lipinski definition) is 2. The van der Waals surface area contributed by atoms with E-state index in [0.29, 0.717) is 56.0 Å². The van der Waals surface area contributed by atoms with E-state index < -0.39 is 18.2 Å². The topological polar surface area (TPSA) is 96.3 Å². The van der Waals surface area contributed by atoms with Crippen molar-refractivity contribution in [1.29, 1.82) is 0 Å². The summed E-state index contributed by atoms with van der Waals surface area (Å²) in [7, 11) is 0. The second-order valence-electron chi connectivity index (χ2n) is 6.15. The number of aliphatic carboxylic acids is 1. The van der Waals surface area contributed by atoms with E-state index in [4.69, 9.17) is 14.6 Å². The third-order valence-corrected chi connectivity index (χ3v) is 4.48. The number of aliphatic hydroxyl groups is 1. The Morgan fingerprint density at radius 3 is 2.40 bits per heavy atom. The predicted molar refractivity (Wildman–Crippen MR) is 91.1 cm³/mol. The number of carboxylic acids is 1. The molecule has 0 aliphatic carbocycles. The monoisotopic (exact) mass is 351 g/mol. The van der Waals surface area contributed by atoms with Crippen LogP contribution in [0.15, 0.2) is 18.2 Å². The maximum absolute atomic E-state index is 12.7. The number of rotatable bonds is 7. The van der Waals surface area contributed by atoms with Gasteiger partial charge in [-0.3, -0.25) is 4.79 Å². The highest BCUT2D eigenvalue weighted by Gasteiger charge is 2.32. The average Bonchev–Trinajstić information content (AvgIpc) is 2.61. The van der Waals surface area contributed by atoms with Gasteiger partial charge < -0.3 is 24.6 Å². The lowest BCUT2D eigenvalue weighted by molar-refractivity contribution is -0.139. The number of carbonyl (C=O) groups excluding carboxylic acids is 1. The second-order valence-corrected chi connectivity index (χ2v) is 6.15. The smallest absolute Gasteiger partial charge is 0.341 e. The zero-order valence-electron chi connectivity index (χ0n) is 14.7. The molecule has 7 nitrogen and oxygen atoms in total. The molecule has 1 heterocycles. The molecule has 0 unspecified atom stereocenters. The third-order valence-electron chi connectivity index (χ3n) is 4.48. The molecule has 0 spiro atoms. The SMILES string of the molecule is CCOc1cc(C(=O)N2CCC(O)(CC)CC2)ccc1OCC(=O)O. The lowest BCUT2D eigenvalue weighted by Crippen LogP contribution is -2.46. The lowest BCUT2D eigenvalue weighted by atomic mass is 9.89. The molecule has 1 saturated heterocycles. The van der Waals surface area contributed by atoms with Gasteiger partial charge in [-0.1, -0.05) is 6.92 Å². The van der Waals surface area contributed by atoms with Gasteiger partial charge in [-0.2, -0.15) is 0 Å². The zero-order valence-corrected chi connectivity index (χ0v) is 14.7. The van der Waals surface area contributed by atoms with E-state index in [1.165, 1.54) is 0 Å². The predicted octanol–water partition coefficient (Wildman–Crippen LogP) is 1.93. The van der Waals surface area contributed by atoms with Crippen molar-refractivity contribution >= 4 is 11.9 Å². The number of likely N-dealkylation sites (tertiary alicyclic amines) is 1. The summed E-state index contributed by atoms with van der Waals surface area (Å²) in [6, 6.07) is 4.72. The molecule has 1 amide bonds. The van der Waals surface area contributed by atoms with Crippen LogP contribution < -0.4 is 9.47 Å². The van der Waals surface area contributed by atoms with Gasteiger partial charge >= 0.3 is 5.97 Å². The van der Waals surface area contributed by atoms with Crippen LogP contribution in [0.3, 0.4) is 0 Å². The summed E-state index contributed by atoms with van der Waals surface area (Å²) in [6.45, 7) is 4.64. The molecule has 1 aliphatic rings. The molecule has 1 aromatic rings. The Morgan fingerprint density at radius 2 is 1.84 bits per heavy atom. The molecule has 2 rings (SSSR count). The van der Waals surface area contributed by atoms with Crippen LogP contribution >= 0.6 is 0 Å². The van der Waals surface area contributed by atoms with Crippen LogP contribution in [0.25, 0.3) is 0 Å². The molecule has 138 valence electrons. The van der Waals surface area contributed by atoms with E-state index in [0.717, 1.165) is 0 Å². The van der Waals surface area contributed by atoms with Crippen LogP contribution in [-0.4, -0.2) is 58.9 Å². The van der Waals surface area contributed by atoms with E-state index in [-0.39, 0.29) is 5.91 Å². The number of ether oxygens (including phenoxy) is 2. The first-order valence-corrected chi connectivity index (χ1v) is 8.51. The molecule has 25 heavy (non-hydrogen) atoms. The molecule has 2 N–H and O–H groups in total. The highest BCUT2D eigenvalue weighted by atomic mass is 16.5. The maximum Gasteiger partial charge on any atom is 0.341 e. The Labute approximate surface area is 147 Å². The van der Waals surface area contributed by atoms with Gasteiger partial charge in [0.1, 0.15) is 0 Å². The maximum atomic E-state index is 12.7. The second kappa shape index (κ2) is 8.20. The number of hydrogen-bond acceptors (Lipinski definition) is 5. The molecular formula is C18H25NO6. The van der Waals surface area contributed by atoms with Gasteiger partial charge in [0.15, 0.2) is 18.1 Å². The Hall–Kier alpha value is -2.28. The van der Waals surface area contributed by atoms with Crippen molar-refractivity contribution in [3.63, 3.8) is 0 Å². The van der Waals surface area contributed by atoms with Crippen molar-refractivity contribution < 1.29 is 29.3 Å². The van der Waals surface area contributed by atoms with Crippen LogP contribution in [0.4, 0.5) is 0 Å². The minimum absolute atomic E-state index is 0.135. The first-order chi connectivity index (χ1) is 11.9.